The summed E-state index contributed by atoms with van der Waals surface area (Å²) in [5, 5.41) is 3.76. The number of hydrogen-bond donors (Lipinski definition) is 2. The number of rotatable bonds is 4. The van der Waals surface area contributed by atoms with Gasteiger partial charge in [0.1, 0.15) is 5.82 Å². The van der Waals surface area contributed by atoms with Crippen molar-refractivity contribution >= 4 is 33.2 Å². The first-order valence-electron chi connectivity index (χ1n) is 7.41. The molecule has 5 nitrogen and oxygen atoms in total. The Morgan fingerprint density at radius 1 is 1.04 bits per heavy atom. The molecular weight excluding hydrogens is 360 g/mol. The topological polar surface area (TPSA) is 79.3 Å². The SMILES string of the molecule is Cc1cc(S(=O)(=O)O)cc(Nc2ccccc2-c2ccc(Cl)cc2)n1. The lowest BCUT2D eigenvalue weighted by molar-refractivity contribution is 0.483. The molecule has 1 heterocycles. The van der Waals surface area contributed by atoms with Crippen LogP contribution in [0.3, 0.4) is 0 Å². The van der Waals surface area contributed by atoms with E-state index in [4.69, 9.17) is 11.6 Å². The number of halogens is 1. The van der Waals surface area contributed by atoms with E-state index in [1.54, 1.807) is 19.1 Å². The van der Waals surface area contributed by atoms with E-state index in [0.717, 1.165) is 16.8 Å². The second-order valence-corrected chi connectivity index (χ2v) is 7.34. The minimum absolute atomic E-state index is 0.202. The van der Waals surface area contributed by atoms with Crippen LogP contribution in [0.5, 0.6) is 0 Å². The molecule has 2 aromatic carbocycles. The highest BCUT2D eigenvalue weighted by molar-refractivity contribution is 7.85. The van der Waals surface area contributed by atoms with Crippen molar-refractivity contribution in [3.63, 3.8) is 0 Å². The third-order valence-corrected chi connectivity index (χ3v) is 4.65. The van der Waals surface area contributed by atoms with Gasteiger partial charge in [-0.05, 0) is 36.8 Å². The van der Waals surface area contributed by atoms with Crippen LogP contribution in [-0.2, 0) is 10.1 Å². The van der Waals surface area contributed by atoms with Gasteiger partial charge in [-0.2, -0.15) is 8.42 Å². The smallest absolute Gasteiger partial charge is 0.294 e. The van der Waals surface area contributed by atoms with Crippen molar-refractivity contribution in [2.75, 3.05) is 5.32 Å². The number of nitrogens with zero attached hydrogens (tertiary/aromatic N) is 1. The number of para-hydroxylation sites is 1. The van der Waals surface area contributed by atoms with E-state index >= 15 is 0 Å². The molecule has 0 saturated heterocycles. The summed E-state index contributed by atoms with van der Waals surface area (Å²) in [6.07, 6.45) is 0. The molecule has 0 saturated carbocycles. The van der Waals surface area contributed by atoms with Crippen LogP contribution in [0.25, 0.3) is 11.1 Å². The van der Waals surface area contributed by atoms with Crippen LogP contribution in [0.2, 0.25) is 5.02 Å². The Morgan fingerprint density at radius 3 is 2.40 bits per heavy atom. The average molecular weight is 375 g/mol. The summed E-state index contributed by atoms with van der Waals surface area (Å²) in [4.78, 5) is 4.08. The molecule has 128 valence electrons. The molecule has 0 atom stereocenters. The molecule has 0 unspecified atom stereocenters. The molecule has 3 aromatic rings. The van der Waals surface area contributed by atoms with Gasteiger partial charge in [-0.25, -0.2) is 4.98 Å². The first-order valence-corrected chi connectivity index (χ1v) is 9.23. The van der Waals surface area contributed by atoms with Crippen LogP contribution < -0.4 is 5.32 Å². The van der Waals surface area contributed by atoms with Crippen molar-refractivity contribution in [2.45, 2.75) is 11.8 Å². The maximum atomic E-state index is 11.4. The van der Waals surface area contributed by atoms with E-state index in [1.807, 2.05) is 36.4 Å². The Bertz CT molecular complexity index is 1020. The summed E-state index contributed by atoms with van der Waals surface area (Å²) in [7, 11) is -4.30. The number of pyridine rings is 1. The number of aromatic nitrogens is 1. The molecule has 0 aliphatic carbocycles. The standard InChI is InChI=1S/C18H15ClN2O3S/c1-12-10-15(25(22,23)24)11-18(20-12)21-17-5-3-2-4-16(17)13-6-8-14(19)9-7-13/h2-11H,1H3,(H,20,21)(H,22,23,24). The summed E-state index contributed by atoms with van der Waals surface area (Å²) in [5.41, 5.74) is 3.09. The Labute approximate surface area is 151 Å². The fraction of sp³-hybridized carbons (Fsp3) is 0.0556. The molecule has 25 heavy (non-hydrogen) atoms. The van der Waals surface area contributed by atoms with Gasteiger partial charge in [-0.3, -0.25) is 4.55 Å². The fourth-order valence-electron chi connectivity index (χ4n) is 2.46. The van der Waals surface area contributed by atoms with Gasteiger partial charge in [0, 0.05) is 28.0 Å². The van der Waals surface area contributed by atoms with Crippen LogP contribution in [0.15, 0.2) is 65.6 Å². The lowest BCUT2D eigenvalue weighted by Crippen LogP contribution is -2.03. The minimum Gasteiger partial charge on any atom is -0.340 e. The number of anilines is 2. The number of aryl methyl sites for hydroxylation is 1. The molecule has 2 N–H and O–H groups in total. The van der Waals surface area contributed by atoms with E-state index in [-0.39, 0.29) is 4.90 Å². The van der Waals surface area contributed by atoms with Crippen molar-refractivity contribution in [3.8, 4) is 11.1 Å². The molecule has 0 radical (unpaired) electrons. The molecule has 0 bridgehead atoms. The molecule has 1 aromatic heterocycles. The van der Waals surface area contributed by atoms with Crippen LogP contribution in [0.4, 0.5) is 11.5 Å². The number of hydrogen-bond acceptors (Lipinski definition) is 4. The summed E-state index contributed by atoms with van der Waals surface area (Å²) in [6, 6.07) is 17.6. The van der Waals surface area contributed by atoms with Gasteiger partial charge in [0.05, 0.1) is 4.90 Å². The lowest BCUT2D eigenvalue weighted by Gasteiger charge is -2.13. The zero-order valence-electron chi connectivity index (χ0n) is 13.3. The van der Waals surface area contributed by atoms with Crippen LogP contribution in [0.1, 0.15) is 5.69 Å². The minimum atomic E-state index is -4.30. The Hall–Kier alpha value is -2.41. The quantitative estimate of drug-likeness (QED) is 0.647. The first kappa shape index (κ1) is 17.4. The lowest BCUT2D eigenvalue weighted by atomic mass is 10.0. The highest BCUT2D eigenvalue weighted by Crippen LogP contribution is 2.31. The fourth-order valence-corrected chi connectivity index (χ4v) is 3.17. The number of benzene rings is 2. The van der Waals surface area contributed by atoms with E-state index in [2.05, 4.69) is 10.3 Å². The Kier molecular flexibility index (Phi) is 4.76. The van der Waals surface area contributed by atoms with Crippen LogP contribution in [0, 0.1) is 6.92 Å². The highest BCUT2D eigenvalue weighted by atomic mass is 35.5. The summed E-state index contributed by atoms with van der Waals surface area (Å²) >= 11 is 5.94. The highest BCUT2D eigenvalue weighted by Gasteiger charge is 2.13. The predicted molar refractivity (Wildman–Crippen MR) is 99.0 cm³/mol. The van der Waals surface area contributed by atoms with Gasteiger partial charge < -0.3 is 5.32 Å². The second kappa shape index (κ2) is 6.84. The van der Waals surface area contributed by atoms with Gasteiger partial charge in [-0.1, -0.05) is 41.9 Å². The van der Waals surface area contributed by atoms with Crippen molar-refractivity contribution < 1.29 is 13.0 Å². The maximum Gasteiger partial charge on any atom is 0.294 e. The number of nitrogens with one attached hydrogen (secondary N) is 1. The van der Waals surface area contributed by atoms with Gasteiger partial charge >= 0.3 is 0 Å². The monoisotopic (exact) mass is 374 g/mol. The zero-order chi connectivity index (χ0) is 18.0. The molecule has 3 rings (SSSR count). The molecule has 0 spiro atoms. The molecule has 0 fully saturated rings. The normalized spacial score (nSPS) is 11.3. The van der Waals surface area contributed by atoms with Gasteiger partial charge in [0.15, 0.2) is 0 Å². The van der Waals surface area contributed by atoms with E-state index < -0.39 is 10.1 Å². The van der Waals surface area contributed by atoms with Gasteiger partial charge in [0.2, 0.25) is 0 Å². The Morgan fingerprint density at radius 2 is 1.72 bits per heavy atom. The maximum absolute atomic E-state index is 11.4. The predicted octanol–water partition coefficient (Wildman–Crippen LogP) is 4.70. The average Bonchev–Trinajstić information content (AvgIpc) is 2.55. The molecular formula is C18H15ClN2O3S. The van der Waals surface area contributed by atoms with Gasteiger partial charge in [0.25, 0.3) is 10.1 Å². The third-order valence-electron chi connectivity index (χ3n) is 3.57. The van der Waals surface area contributed by atoms with Crippen LogP contribution in [-0.4, -0.2) is 18.0 Å². The van der Waals surface area contributed by atoms with Crippen molar-refractivity contribution in [2.24, 2.45) is 0 Å². The largest absolute Gasteiger partial charge is 0.340 e. The molecule has 0 amide bonds. The van der Waals surface area contributed by atoms with Crippen LogP contribution >= 0.6 is 11.6 Å². The van der Waals surface area contributed by atoms with E-state index in [9.17, 15) is 13.0 Å². The van der Waals surface area contributed by atoms with Crippen molar-refractivity contribution in [3.05, 3.63) is 71.4 Å². The van der Waals surface area contributed by atoms with Crippen molar-refractivity contribution in [1.29, 1.82) is 0 Å². The summed E-state index contributed by atoms with van der Waals surface area (Å²) in [5.74, 6) is 0.328. The first-order chi connectivity index (χ1) is 11.8. The second-order valence-electron chi connectivity index (χ2n) is 5.48. The summed E-state index contributed by atoms with van der Waals surface area (Å²) < 4.78 is 32.1. The van der Waals surface area contributed by atoms with E-state index in [0.29, 0.717) is 16.5 Å². The summed E-state index contributed by atoms with van der Waals surface area (Å²) in [6.45, 7) is 1.66. The van der Waals surface area contributed by atoms with Gasteiger partial charge in [-0.15, -0.1) is 0 Å². The zero-order valence-corrected chi connectivity index (χ0v) is 14.8. The van der Waals surface area contributed by atoms with E-state index in [1.165, 1.54) is 12.1 Å². The molecule has 0 aliphatic rings. The van der Waals surface area contributed by atoms with Crippen molar-refractivity contribution in [1.82, 2.24) is 4.98 Å². The molecule has 7 heteroatoms. The Balaban J connectivity index is 2.02. The third kappa shape index (κ3) is 4.17. The molecule has 0 aliphatic heterocycles.